The Morgan fingerprint density at radius 1 is 1.20 bits per heavy atom. The zero-order chi connectivity index (χ0) is 14.2. The van der Waals surface area contributed by atoms with Crippen LogP contribution in [0.2, 0.25) is 0 Å². The van der Waals surface area contributed by atoms with Crippen molar-refractivity contribution >= 4 is 21.6 Å². The summed E-state index contributed by atoms with van der Waals surface area (Å²) in [5, 5.41) is 3.45. The Bertz CT molecular complexity index is 469. The van der Waals surface area contributed by atoms with Gasteiger partial charge in [0, 0.05) is 48.8 Å². The topological polar surface area (TPSA) is 18.5 Å². The van der Waals surface area contributed by atoms with Crippen molar-refractivity contribution in [1.29, 1.82) is 0 Å². The third-order valence-corrected chi connectivity index (χ3v) is 5.34. The summed E-state index contributed by atoms with van der Waals surface area (Å²) in [6.45, 7) is 10.5. The molecular weight excluding hydrogens is 314 g/mol. The van der Waals surface area contributed by atoms with Gasteiger partial charge in [-0.1, -0.05) is 12.1 Å². The molecule has 2 saturated heterocycles. The van der Waals surface area contributed by atoms with Crippen LogP contribution in [-0.4, -0.2) is 49.2 Å². The Morgan fingerprint density at radius 3 is 2.60 bits per heavy atom. The Balaban J connectivity index is 1.80. The molecule has 1 aromatic carbocycles. The number of para-hydroxylation sites is 1. The fourth-order valence-corrected chi connectivity index (χ4v) is 4.09. The van der Waals surface area contributed by atoms with Crippen LogP contribution >= 0.6 is 15.9 Å². The highest BCUT2D eigenvalue weighted by atomic mass is 79.9. The average Bonchev–Trinajstić information content (AvgIpc) is 2.76. The van der Waals surface area contributed by atoms with E-state index in [9.17, 15) is 0 Å². The van der Waals surface area contributed by atoms with Gasteiger partial charge in [0.05, 0.1) is 5.69 Å². The van der Waals surface area contributed by atoms with Crippen LogP contribution in [0.3, 0.4) is 0 Å². The monoisotopic (exact) mass is 337 g/mol. The van der Waals surface area contributed by atoms with Crippen LogP contribution in [0.1, 0.15) is 20.3 Å². The number of nitrogens with one attached hydrogen (secondary N) is 1. The molecule has 3 rings (SSSR count). The maximum atomic E-state index is 3.71. The second-order valence-electron chi connectivity index (χ2n) is 6.52. The van der Waals surface area contributed by atoms with Gasteiger partial charge >= 0.3 is 0 Å². The van der Waals surface area contributed by atoms with Crippen molar-refractivity contribution in [2.45, 2.75) is 31.8 Å². The molecule has 20 heavy (non-hydrogen) atoms. The molecule has 2 heterocycles. The lowest BCUT2D eigenvalue weighted by atomic mass is 9.99. The van der Waals surface area contributed by atoms with Crippen LogP contribution in [0.15, 0.2) is 28.7 Å². The van der Waals surface area contributed by atoms with Crippen molar-refractivity contribution in [1.82, 2.24) is 10.2 Å². The molecule has 0 aromatic heterocycles. The van der Waals surface area contributed by atoms with Crippen LogP contribution in [0.25, 0.3) is 0 Å². The van der Waals surface area contributed by atoms with E-state index in [4.69, 9.17) is 0 Å². The zero-order valence-corrected chi connectivity index (χ0v) is 14.0. The normalized spacial score (nSPS) is 26.9. The van der Waals surface area contributed by atoms with Crippen molar-refractivity contribution < 1.29 is 0 Å². The van der Waals surface area contributed by atoms with E-state index in [2.05, 4.69) is 69.2 Å². The van der Waals surface area contributed by atoms with Crippen molar-refractivity contribution in [2.24, 2.45) is 0 Å². The van der Waals surface area contributed by atoms with Gasteiger partial charge in [0.1, 0.15) is 0 Å². The molecule has 0 aliphatic carbocycles. The minimum absolute atomic E-state index is 0.222. The Labute approximate surface area is 130 Å². The summed E-state index contributed by atoms with van der Waals surface area (Å²) in [6.07, 6.45) is 1.24. The van der Waals surface area contributed by atoms with Gasteiger partial charge in [0.2, 0.25) is 0 Å². The lowest BCUT2D eigenvalue weighted by Crippen LogP contribution is -2.49. The predicted molar refractivity (Wildman–Crippen MR) is 88.4 cm³/mol. The lowest BCUT2D eigenvalue weighted by Gasteiger charge is -2.34. The standard InChI is InChI=1S/C16H24BrN3/c1-16(2)11-13(19-9-7-18-8-10-19)12-20(16)15-6-4-3-5-14(15)17/h3-6,13,18H,7-12H2,1-2H3. The Hall–Kier alpha value is -0.580. The van der Waals surface area contributed by atoms with Crippen LogP contribution in [0.4, 0.5) is 5.69 Å². The van der Waals surface area contributed by atoms with Crippen molar-refractivity contribution in [3.8, 4) is 0 Å². The predicted octanol–water partition coefficient (Wildman–Crippen LogP) is 2.71. The number of nitrogens with zero attached hydrogens (tertiary/aromatic N) is 2. The number of piperazine rings is 1. The molecule has 0 saturated carbocycles. The molecule has 110 valence electrons. The molecule has 2 aliphatic heterocycles. The minimum atomic E-state index is 0.222. The molecule has 2 aliphatic rings. The second kappa shape index (κ2) is 5.66. The van der Waals surface area contributed by atoms with Gasteiger partial charge in [0.25, 0.3) is 0 Å². The van der Waals surface area contributed by atoms with Crippen LogP contribution < -0.4 is 10.2 Å². The van der Waals surface area contributed by atoms with Crippen molar-refractivity contribution in [2.75, 3.05) is 37.6 Å². The minimum Gasteiger partial charge on any atom is -0.364 e. The number of rotatable bonds is 2. The van der Waals surface area contributed by atoms with E-state index >= 15 is 0 Å². The SMILES string of the molecule is CC1(C)CC(N2CCNCC2)CN1c1ccccc1Br. The third kappa shape index (κ3) is 2.74. The largest absolute Gasteiger partial charge is 0.364 e. The average molecular weight is 338 g/mol. The van der Waals surface area contributed by atoms with Crippen molar-refractivity contribution in [3.63, 3.8) is 0 Å². The zero-order valence-electron chi connectivity index (χ0n) is 12.4. The summed E-state index contributed by atoms with van der Waals surface area (Å²) < 4.78 is 1.20. The van der Waals surface area contributed by atoms with Gasteiger partial charge in [0.15, 0.2) is 0 Å². The van der Waals surface area contributed by atoms with E-state index in [-0.39, 0.29) is 5.54 Å². The molecule has 1 N–H and O–H groups in total. The Kier molecular flexibility index (Phi) is 4.07. The van der Waals surface area contributed by atoms with E-state index < -0.39 is 0 Å². The summed E-state index contributed by atoms with van der Waals surface area (Å²) >= 11 is 3.71. The van der Waals surface area contributed by atoms with E-state index in [1.807, 2.05) is 0 Å². The first-order valence-electron chi connectivity index (χ1n) is 7.55. The molecule has 1 aromatic rings. The molecule has 0 spiro atoms. The van der Waals surface area contributed by atoms with Crippen molar-refractivity contribution in [3.05, 3.63) is 28.7 Å². The highest BCUT2D eigenvalue weighted by molar-refractivity contribution is 9.10. The summed E-state index contributed by atoms with van der Waals surface area (Å²) in [7, 11) is 0. The van der Waals surface area contributed by atoms with Gasteiger partial charge in [-0.25, -0.2) is 0 Å². The first-order valence-corrected chi connectivity index (χ1v) is 8.34. The first kappa shape index (κ1) is 14.4. The fraction of sp³-hybridized carbons (Fsp3) is 0.625. The highest BCUT2D eigenvalue weighted by Crippen LogP contribution is 2.39. The second-order valence-corrected chi connectivity index (χ2v) is 7.37. The quantitative estimate of drug-likeness (QED) is 0.895. The van der Waals surface area contributed by atoms with E-state index in [0.717, 1.165) is 19.6 Å². The molecule has 3 nitrogen and oxygen atoms in total. The van der Waals surface area contributed by atoms with E-state index in [1.165, 1.54) is 29.7 Å². The number of benzene rings is 1. The molecule has 1 atom stereocenters. The summed E-state index contributed by atoms with van der Waals surface area (Å²) in [4.78, 5) is 5.23. The van der Waals surface area contributed by atoms with Gasteiger partial charge in [-0.3, -0.25) is 4.90 Å². The van der Waals surface area contributed by atoms with Crippen LogP contribution in [0.5, 0.6) is 0 Å². The maximum Gasteiger partial charge on any atom is 0.0515 e. The van der Waals surface area contributed by atoms with Gasteiger partial charge in [-0.15, -0.1) is 0 Å². The van der Waals surface area contributed by atoms with Gasteiger partial charge in [-0.05, 0) is 48.3 Å². The maximum absolute atomic E-state index is 3.71. The van der Waals surface area contributed by atoms with E-state index in [1.54, 1.807) is 0 Å². The number of anilines is 1. The lowest BCUT2D eigenvalue weighted by molar-refractivity contribution is 0.179. The molecular formula is C16H24BrN3. The van der Waals surface area contributed by atoms with E-state index in [0.29, 0.717) is 6.04 Å². The number of hydrogen-bond donors (Lipinski definition) is 1. The first-order chi connectivity index (χ1) is 9.58. The number of halogens is 1. The molecule has 2 fully saturated rings. The van der Waals surface area contributed by atoms with Crippen LogP contribution in [-0.2, 0) is 0 Å². The number of hydrogen-bond acceptors (Lipinski definition) is 3. The highest BCUT2D eigenvalue weighted by Gasteiger charge is 2.41. The summed E-state index contributed by atoms with van der Waals surface area (Å²) in [6, 6.07) is 9.27. The summed E-state index contributed by atoms with van der Waals surface area (Å²) in [5.41, 5.74) is 1.55. The summed E-state index contributed by atoms with van der Waals surface area (Å²) in [5.74, 6) is 0. The third-order valence-electron chi connectivity index (χ3n) is 4.67. The van der Waals surface area contributed by atoms with Crippen LogP contribution in [0, 0.1) is 0 Å². The Morgan fingerprint density at radius 2 is 1.90 bits per heavy atom. The molecule has 0 bridgehead atoms. The van der Waals surface area contributed by atoms with Gasteiger partial charge in [-0.2, -0.15) is 0 Å². The van der Waals surface area contributed by atoms with Gasteiger partial charge < -0.3 is 10.2 Å². The molecule has 0 amide bonds. The fourth-order valence-electron chi connectivity index (χ4n) is 3.60. The molecule has 1 unspecified atom stereocenters. The molecule has 0 radical (unpaired) electrons. The smallest absolute Gasteiger partial charge is 0.0515 e. The molecule has 4 heteroatoms.